The molecule has 1 aromatic carbocycles. The summed E-state index contributed by atoms with van der Waals surface area (Å²) >= 11 is 3.32. The van der Waals surface area contributed by atoms with Crippen molar-refractivity contribution in [1.82, 2.24) is 4.90 Å². The first kappa shape index (κ1) is 12.6. The number of rotatable bonds is 1. The number of halogens is 1. The molecule has 6 heteroatoms. The van der Waals surface area contributed by atoms with Crippen LogP contribution in [0.5, 0.6) is 0 Å². The molecule has 1 aromatic rings. The zero-order chi connectivity index (χ0) is 12.4. The van der Waals surface area contributed by atoms with Crippen LogP contribution in [0.15, 0.2) is 22.7 Å². The molecule has 1 fully saturated rings. The lowest BCUT2D eigenvalue weighted by atomic mass is 10.2. The number of carbonyl (C=O) groups is 1. The molecule has 4 nitrogen and oxygen atoms in total. The Balaban J connectivity index is 2.16. The molecular formula is C11H13BrN2O2S. The van der Waals surface area contributed by atoms with Crippen LogP contribution in [0.4, 0.5) is 5.69 Å². The van der Waals surface area contributed by atoms with Crippen molar-refractivity contribution in [3.8, 4) is 0 Å². The van der Waals surface area contributed by atoms with Crippen molar-refractivity contribution in [2.75, 3.05) is 30.3 Å². The third kappa shape index (κ3) is 3.07. The van der Waals surface area contributed by atoms with E-state index in [4.69, 9.17) is 5.73 Å². The van der Waals surface area contributed by atoms with Gasteiger partial charge in [0.25, 0.3) is 5.91 Å². The summed E-state index contributed by atoms with van der Waals surface area (Å²) < 4.78 is 12.0. The molecule has 0 saturated carbocycles. The van der Waals surface area contributed by atoms with Crippen molar-refractivity contribution >= 4 is 38.3 Å². The van der Waals surface area contributed by atoms with Crippen LogP contribution >= 0.6 is 15.9 Å². The highest BCUT2D eigenvalue weighted by Gasteiger charge is 2.21. The molecule has 1 saturated heterocycles. The Morgan fingerprint density at radius 2 is 1.94 bits per heavy atom. The average Bonchev–Trinajstić information content (AvgIpc) is 2.28. The number of hydrogen-bond donors (Lipinski definition) is 1. The number of hydrogen-bond acceptors (Lipinski definition) is 3. The maximum atomic E-state index is 12.2. The second kappa shape index (κ2) is 5.18. The summed E-state index contributed by atoms with van der Waals surface area (Å²) in [6.45, 7) is 1.11. The van der Waals surface area contributed by atoms with Crippen molar-refractivity contribution in [3.63, 3.8) is 0 Å². The monoisotopic (exact) mass is 316 g/mol. The van der Waals surface area contributed by atoms with Crippen LogP contribution in [-0.2, 0) is 10.8 Å². The molecule has 1 aliphatic heterocycles. The summed E-state index contributed by atoms with van der Waals surface area (Å²) in [5.74, 6) is 1.08. The van der Waals surface area contributed by atoms with Gasteiger partial charge in [-0.05, 0) is 18.2 Å². The molecule has 0 atom stereocenters. The number of anilines is 1. The lowest BCUT2D eigenvalue weighted by Crippen LogP contribution is -2.41. The zero-order valence-corrected chi connectivity index (χ0v) is 11.6. The minimum absolute atomic E-state index is 0.0466. The zero-order valence-electron chi connectivity index (χ0n) is 9.19. The van der Waals surface area contributed by atoms with E-state index in [2.05, 4.69) is 15.9 Å². The van der Waals surface area contributed by atoms with Crippen molar-refractivity contribution in [2.24, 2.45) is 0 Å². The van der Waals surface area contributed by atoms with Gasteiger partial charge in [-0.15, -0.1) is 0 Å². The van der Waals surface area contributed by atoms with Gasteiger partial charge in [0.1, 0.15) is 0 Å². The van der Waals surface area contributed by atoms with Gasteiger partial charge >= 0.3 is 0 Å². The highest BCUT2D eigenvalue weighted by Crippen LogP contribution is 2.19. The van der Waals surface area contributed by atoms with E-state index in [1.54, 1.807) is 23.1 Å². The van der Waals surface area contributed by atoms with Crippen LogP contribution in [0.2, 0.25) is 0 Å². The van der Waals surface area contributed by atoms with Crippen LogP contribution in [0.25, 0.3) is 0 Å². The second-order valence-corrected chi connectivity index (χ2v) is 6.53. The SMILES string of the molecule is Nc1cc(Br)cc(C(=O)N2CCS(=O)CC2)c1. The average molecular weight is 317 g/mol. The van der Waals surface area contributed by atoms with E-state index in [1.807, 2.05) is 0 Å². The van der Waals surface area contributed by atoms with Gasteiger partial charge in [-0.3, -0.25) is 9.00 Å². The normalized spacial score (nSPS) is 17.1. The Hall–Kier alpha value is -0.880. The van der Waals surface area contributed by atoms with E-state index in [9.17, 15) is 9.00 Å². The van der Waals surface area contributed by atoms with Crippen molar-refractivity contribution < 1.29 is 9.00 Å². The van der Waals surface area contributed by atoms with E-state index in [0.29, 0.717) is 35.8 Å². The van der Waals surface area contributed by atoms with Crippen LogP contribution in [0, 0.1) is 0 Å². The fraction of sp³-hybridized carbons (Fsp3) is 0.364. The molecule has 92 valence electrons. The summed E-state index contributed by atoms with van der Waals surface area (Å²) in [6, 6.07) is 5.17. The fourth-order valence-electron chi connectivity index (χ4n) is 1.76. The minimum atomic E-state index is -0.770. The lowest BCUT2D eigenvalue weighted by Gasteiger charge is -2.26. The summed E-state index contributed by atoms with van der Waals surface area (Å²) in [5.41, 5.74) is 6.83. The summed E-state index contributed by atoms with van der Waals surface area (Å²) in [6.07, 6.45) is 0. The number of nitrogen functional groups attached to an aromatic ring is 1. The van der Waals surface area contributed by atoms with Gasteiger partial charge in [-0.25, -0.2) is 0 Å². The predicted octanol–water partition coefficient (Wildman–Crippen LogP) is 1.24. The molecule has 0 radical (unpaired) electrons. The van der Waals surface area contributed by atoms with Gasteiger partial charge in [0, 0.05) is 51.1 Å². The third-order valence-corrected chi connectivity index (χ3v) is 4.37. The standard InChI is InChI=1S/C11H13BrN2O2S/c12-9-5-8(6-10(13)7-9)11(15)14-1-3-17(16)4-2-14/h5-7H,1-4,13H2. The quantitative estimate of drug-likeness (QED) is 0.793. The van der Waals surface area contributed by atoms with E-state index >= 15 is 0 Å². The second-order valence-electron chi connectivity index (χ2n) is 3.91. The predicted molar refractivity (Wildman–Crippen MR) is 72.3 cm³/mol. The number of nitrogens with zero attached hydrogens (tertiary/aromatic N) is 1. The van der Waals surface area contributed by atoms with Gasteiger partial charge in [0.15, 0.2) is 0 Å². The van der Waals surface area contributed by atoms with Crippen molar-refractivity contribution in [3.05, 3.63) is 28.2 Å². The molecule has 1 amide bonds. The maximum Gasteiger partial charge on any atom is 0.254 e. The van der Waals surface area contributed by atoms with Crippen LogP contribution in [0.1, 0.15) is 10.4 Å². The summed E-state index contributed by atoms with van der Waals surface area (Å²) in [7, 11) is -0.770. The Labute approximate surface area is 111 Å². The molecule has 1 aliphatic rings. The number of amides is 1. The van der Waals surface area contributed by atoms with Crippen molar-refractivity contribution in [2.45, 2.75) is 0 Å². The third-order valence-electron chi connectivity index (χ3n) is 2.63. The smallest absolute Gasteiger partial charge is 0.254 e. The van der Waals surface area contributed by atoms with Crippen LogP contribution in [-0.4, -0.2) is 39.6 Å². The van der Waals surface area contributed by atoms with Crippen LogP contribution < -0.4 is 5.73 Å². The van der Waals surface area contributed by atoms with Gasteiger partial charge in [0.2, 0.25) is 0 Å². The van der Waals surface area contributed by atoms with Gasteiger partial charge < -0.3 is 10.6 Å². The molecule has 0 bridgehead atoms. The van der Waals surface area contributed by atoms with E-state index in [0.717, 1.165) is 4.47 Å². The Morgan fingerprint density at radius 3 is 2.53 bits per heavy atom. The Kier molecular flexibility index (Phi) is 3.83. The van der Waals surface area contributed by atoms with E-state index < -0.39 is 10.8 Å². The molecule has 1 heterocycles. The Morgan fingerprint density at radius 1 is 1.29 bits per heavy atom. The molecule has 0 aromatic heterocycles. The van der Waals surface area contributed by atoms with Gasteiger partial charge in [-0.2, -0.15) is 0 Å². The summed E-state index contributed by atoms with van der Waals surface area (Å²) in [4.78, 5) is 13.9. The molecule has 2 N–H and O–H groups in total. The maximum absolute atomic E-state index is 12.2. The van der Waals surface area contributed by atoms with Crippen molar-refractivity contribution in [1.29, 1.82) is 0 Å². The lowest BCUT2D eigenvalue weighted by molar-refractivity contribution is 0.0771. The first-order valence-electron chi connectivity index (χ1n) is 5.26. The number of carbonyl (C=O) groups excluding carboxylic acids is 1. The Bertz CT molecular complexity index is 448. The first-order valence-corrected chi connectivity index (χ1v) is 7.54. The number of nitrogens with two attached hydrogens (primary N) is 1. The number of benzene rings is 1. The molecule has 2 rings (SSSR count). The van der Waals surface area contributed by atoms with Gasteiger partial charge in [0.05, 0.1) is 0 Å². The fourth-order valence-corrected chi connectivity index (χ4v) is 3.32. The minimum Gasteiger partial charge on any atom is -0.399 e. The topological polar surface area (TPSA) is 63.4 Å². The highest BCUT2D eigenvalue weighted by atomic mass is 79.9. The van der Waals surface area contributed by atoms with Gasteiger partial charge in [-0.1, -0.05) is 15.9 Å². The molecule has 0 aliphatic carbocycles. The largest absolute Gasteiger partial charge is 0.399 e. The van der Waals surface area contributed by atoms with E-state index in [-0.39, 0.29) is 5.91 Å². The van der Waals surface area contributed by atoms with Crippen LogP contribution in [0.3, 0.4) is 0 Å². The summed E-state index contributed by atoms with van der Waals surface area (Å²) in [5, 5.41) is 0. The first-order chi connectivity index (χ1) is 8.06. The highest BCUT2D eigenvalue weighted by molar-refractivity contribution is 9.10. The molecule has 0 spiro atoms. The molecular weight excluding hydrogens is 304 g/mol. The molecule has 17 heavy (non-hydrogen) atoms. The molecule has 0 unspecified atom stereocenters. The van der Waals surface area contributed by atoms with E-state index in [1.165, 1.54) is 0 Å².